The largest absolute Gasteiger partial charge is 0.393 e. The predicted molar refractivity (Wildman–Crippen MR) is 73.6 cm³/mol. The van der Waals surface area contributed by atoms with E-state index in [1.807, 2.05) is 0 Å². The number of rotatable bonds is 3. The molecule has 2 heterocycles. The van der Waals surface area contributed by atoms with Crippen molar-refractivity contribution in [3.8, 4) is 0 Å². The Labute approximate surface area is 119 Å². The minimum Gasteiger partial charge on any atom is -0.393 e. The highest BCUT2D eigenvalue weighted by Crippen LogP contribution is 2.38. The van der Waals surface area contributed by atoms with Gasteiger partial charge in [-0.15, -0.1) is 0 Å². The van der Waals surface area contributed by atoms with Crippen LogP contribution in [0.2, 0.25) is 0 Å². The van der Waals surface area contributed by atoms with E-state index >= 15 is 0 Å². The Bertz CT molecular complexity index is 583. The summed E-state index contributed by atoms with van der Waals surface area (Å²) in [7, 11) is -3.52. The van der Waals surface area contributed by atoms with Gasteiger partial charge in [-0.25, -0.2) is 13.4 Å². The van der Waals surface area contributed by atoms with E-state index in [4.69, 9.17) is 0 Å². The van der Waals surface area contributed by atoms with Gasteiger partial charge < -0.3 is 10.1 Å². The van der Waals surface area contributed by atoms with Crippen molar-refractivity contribution >= 4 is 10.0 Å². The number of H-pyrrole nitrogens is 1. The topological polar surface area (TPSA) is 86.3 Å². The van der Waals surface area contributed by atoms with Crippen molar-refractivity contribution in [2.45, 2.75) is 56.2 Å². The van der Waals surface area contributed by atoms with E-state index in [9.17, 15) is 13.5 Å². The molecule has 0 radical (unpaired) electrons. The summed E-state index contributed by atoms with van der Waals surface area (Å²) in [6.45, 7) is 2.27. The average molecular weight is 299 g/mol. The van der Waals surface area contributed by atoms with Gasteiger partial charge in [-0.2, -0.15) is 4.31 Å². The van der Waals surface area contributed by atoms with Gasteiger partial charge in [-0.1, -0.05) is 6.42 Å². The molecule has 1 aliphatic heterocycles. The highest BCUT2D eigenvalue weighted by Gasteiger charge is 2.43. The molecular weight excluding hydrogens is 278 g/mol. The monoisotopic (exact) mass is 299 g/mol. The van der Waals surface area contributed by atoms with E-state index in [0.29, 0.717) is 12.4 Å². The molecule has 2 aliphatic rings. The third-order valence-corrected chi connectivity index (χ3v) is 6.37. The Morgan fingerprint density at radius 3 is 2.75 bits per heavy atom. The number of aliphatic hydroxyl groups excluding tert-OH is 1. The second-order valence-electron chi connectivity index (χ2n) is 5.82. The lowest BCUT2D eigenvalue weighted by atomic mass is 9.95. The Balaban J connectivity index is 1.88. The highest BCUT2D eigenvalue weighted by atomic mass is 32.2. The fourth-order valence-corrected chi connectivity index (χ4v) is 5.27. The van der Waals surface area contributed by atoms with Crippen LogP contribution in [-0.2, 0) is 10.0 Å². The first-order valence-electron chi connectivity index (χ1n) is 7.21. The zero-order valence-corrected chi connectivity index (χ0v) is 12.4. The van der Waals surface area contributed by atoms with E-state index in [2.05, 4.69) is 9.97 Å². The zero-order chi connectivity index (χ0) is 14.3. The minimum atomic E-state index is -3.52. The van der Waals surface area contributed by atoms with Crippen molar-refractivity contribution in [2.75, 3.05) is 6.54 Å². The van der Waals surface area contributed by atoms with Crippen molar-refractivity contribution < 1.29 is 13.5 Å². The molecule has 0 bridgehead atoms. The summed E-state index contributed by atoms with van der Waals surface area (Å²) in [5.74, 6) is 0.677. The third-order valence-electron chi connectivity index (χ3n) is 4.54. The van der Waals surface area contributed by atoms with Gasteiger partial charge >= 0.3 is 0 Å². The van der Waals surface area contributed by atoms with Gasteiger partial charge in [-0.3, -0.25) is 0 Å². The van der Waals surface area contributed by atoms with Crippen molar-refractivity contribution in [1.29, 1.82) is 0 Å². The number of hydrogen-bond acceptors (Lipinski definition) is 4. The van der Waals surface area contributed by atoms with Gasteiger partial charge in [-0.05, 0) is 32.6 Å². The summed E-state index contributed by atoms with van der Waals surface area (Å²) in [6, 6.07) is -0.0684. The number of aryl methyl sites for hydroxylation is 1. The standard InChI is InChI=1S/C13H21N3O3S/c1-9-14-8-13(15-9)20(18,19)16-7-3-5-11(16)10-4-2-6-12(10)17/h8,10-12,17H,2-7H2,1H3,(H,14,15). The number of nitrogens with zero attached hydrogens (tertiary/aromatic N) is 2. The van der Waals surface area contributed by atoms with Crippen molar-refractivity contribution in [3.63, 3.8) is 0 Å². The molecule has 1 aliphatic carbocycles. The lowest BCUT2D eigenvalue weighted by Gasteiger charge is -2.29. The van der Waals surface area contributed by atoms with Crippen LogP contribution >= 0.6 is 0 Å². The first-order chi connectivity index (χ1) is 9.50. The van der Waals surface area contributed by atoms with Crippen LogP contribution in [-0.4, -0.2) is 46.5 Å². The average Bonchev–Trinajstić information content (AvgIpc) is 3.07. The van der Waals surface area contributed by atoms with Crippen LogP contribution in [0, 0.1) is 12.8 Å². The lowest BCUT2D eigenvalue weighted by Crippen LogP contribution is -2.42. The molecule has 2 fully saturated rings. The predicted octanol–water partition coefficient (Wildman–Crippen LogP) is 1.03. The molecule has 3 atom stereocenters. The van der Waals surface area contributed by atoms with Crippen molar-refractivity contribution in [1.82, 2.24) is 14.3 Å². The van der Waals surface area contributed by atoms with E-state index in [1.165, 1.54) is 6.20 Å². The van der Waals surface area contributed by atoms with Gasteiger partial charge in [0.05, 0.1) is 12.3 Å². The molecule has 0 amide bonds. The van der Waals surface area contributed by atoms with Gasteiger partial charge in [0.25, 0.3) is 10.0 Å². The molecule has 112 valence electrons. The number of hydrogen-bond donors (Lipinski definition) is 2. The molecule has 1 saturated heterocycles. The number of imidazole rings is 1. The molecular formula is C13H21N3O3S. The van der Waals surface area contributed by atoms with E-state index < -0.39 is 10.0 Å². The summed E-state index contributed by atoms with van der Waals surface area (Å²) >= 11 is 0. The summed E-state index contributed by atoms with van der Waals surface area (Å²) in [4.78, 5) is 6.79. The molecule has 20 heavy (non-hydrogen) atoms. The van der Waals surface area contributed by atoms with Crippen LogP contribution in [0.15, 0.2) is 11.2 Å². The summed E-state index contributed by atoms with van der Waals surface area (Å²) < 4.78 is 27.0. The van der Waals surface area contributed by atoms with Crippen LogP contribution in [0.25, 0.3) is 0 Å². The summed E-state index contributed by atoms with van der Waals surface area (Å²) in [5.41, 5.74) is 0. The second kappa shape index (κ2) is 5.13. The number of sulfonamides is 1. The zero-order valence-electron chi connectivity index (χ0n) is 11.6. The van der Waals surface area contributed by atoms with Crippen molar-refractivity contribution in [3.05, 3.63) is 12.0 Å². The molecule has 6 nitrogen and oxygen atoms in total. The molecule has 7 heteroatoms. The van der Waals surface area contributed by atoms with Gasteiger partial charge in [0, 0.05) is 18.5 Å². The second-order valence-corrected chi connectivity index (χ2v) is 7.68. The Hall–Kier alpha value is -0.920. The van der Waals surface area contributed by atoms with Crippen LogP contribution in [0.5, 0.6) is 0 Å². The molecule has 2 N–H and O–H groups in total. The van der Waals surface area contributed by atoms with Gasteiger partial charge in [0.1, 0.15) is 5.82 Å². The molecule has 3 unspecified atom stereocenters. The normalized spacial score (nSPS) is 32.0. The Morgan fingerprint density at radius 1 is 1.35 bits per heavy atom. The Kier molecular flexibility index (Phi) is 3.60. The first kappa shape index (κ1) is 14.0. The maximum atomic E-state index is 12.7. The number of aliphatic hydroxyl groups is 1. The number of nitrogens with one attached hydrogen (secondary N) is 1. The number of aromatic nitrogens is 2. The maximum absolute atomic E-state index is 12.7. The number of aromatic amines is 1. The Morgan fingerprint density at radius 2 is 2.15 bits per heavy atom. The van der Waals surface area contributed by atoms with Gasteiger partial charge in [0.15, 0.2) is 5.03 Å². The molecule has 1 saturated carbocycles. The van der Waals surface area contributed by atoms with Crippen molar-refractivity contribution in [2.24, 2.45) is 5.92 Å². The molecule has 0 aromatic carbocycles. The van der Waals surface area contributed by atoms with E-state index in [1.54, 1.807) is 11.2 Å². The van der Waals surface area contributed by atoms with Crippen LogP contribution in [0.3, 0.4) is 0 Å². The van der Waals surface area contributed by atoms with Crippen LogP contribution < -0.4 is 0 Å². The SMILES string of the molecule is Cc1ncc(S(=O)(=O)N2CCCC2C2CCCC2O)[nH]1. The van der Waals surface area contributed by atoms with E-state index in [-0.39, 0.29) is 23.1 Å². The van der Waals surface area contributed by atoms with Crippen LogP contribution in [0.1, 0.15) is 37.9 Å². The summed E-state index contributed by atoms with van der Waals surface area (Å²) in [5, 5.41) is 10.2. The lowest BCUT2D eigenvalue weighted by molar-refractivity contribution is 0.0974. The quantitative estimate of drug-likeness (QED) is 0.873. The third kappa shape index (κ3) is 2.27. The highest BCUT2D eigenvalue weighted by molar-refractivity contribution is 7.89. The smallest absolute Gasteiger partial charge is 0.260 e. The first-order valence-corrected chi connectivity index (χ1v) is 8.65. The minimum absolute atomic E-state index is 0.0684. The summed E-state index contributed by atoms with van der Waals surface area (Å²) in [6.07, 6.45) is 5.41. The molecule has 3 rings (SSSR count). The fourth-order valence-electron chi connectivity index (χ4n) is 3.57. The molecule has 1 aromatic rings. The molecule has 0 spiro atoms. The van der Waals surface area contributed by atoms with E-state index in [0.717, 1.165) is 32.1 Å². The van der Waals surface area contributed by atoms with Gasteiger partial charge in [0.2, 0.25) is 0 Å². The molecule has 1 aromatic heterocycles. The maximum Gasteiger partial charge on any atom is 0.260 e. The van der Waals surface area contributed by atoms with Crippen LogP contribution in [0.4, 0.5) is 0 Å². The fraction of sp³-hybridized carbons (Fsp3) is 0.769.